The largest absolute Gasteiger partial charge is 0.496 e. The minimum atomic E-state index is -0.210. The normalized spacial score (nSPS) is 12.8. The molecular weight excluding hydrogens is 390 g/mol. The molecule has 7 heteroatoms. The highest BCUT2D eigenvalue weighted by Gasteiger charge is 2.18. The molecule has 2 N–H and O–H groups in total. The van der Waals surface area contributed by atoms with Crippen LogP contribution in [0.1, 0.15) is 15.9 Å². The number of carbonyl (C=O) groups excluding carboxylic acids is 1. The smallest absolute Gasteiger partial charge is 0.231 e. The van der Waals surface area contributed by atoms with Crippen molar-refractivity contribution in [3.8, 4) is 23.0 Å². The van der Waals surface area contributed by atoms with Crippen LogP contribution in [0.5, 0.6) is 23.0 Å². The van der Waals surface area contributed by atoms with E-state index >= 15 is 0 Å². The van der Waals surface area contributed by atoms with Crippen LogP contribution in [0.2, 0.25) is 0 Å². The first-order chi connectivity index (χ1) is 12.0. The Morgan fingerprint density at radius 3 is 2.48 bits per heavy atom. The van der Waals surface area contributed by atoms with Gasteiger partial charge in [-0.25, -0.2) is 0 Å². The van der Waals surface area contributed by atoms with Crippen LogP contribution < -0.4 is 24.7 Å². The summed E-state index contributed by atoms with van der Waals surface area (Å²) in [7, 11) is 3.05. The van der Waals surface area contributed by atoms with E-state index in [1.54, 1.807) is 43.5 Å². The summed E-state index contributed by atoms with van der Waals surface area (Å²) in [6.45, 7) is 0.164. The lowest BCUT2D eigenvalue weighted by Gasteiger charge is -2.09. The standard InChI is InChI=1S/C18H16BrNO5/c1-22-14-8-17-16(24-9-25-17)7-11(14)5-12(19)18(21)10-3-4-13(20)15(6-10)23-2/h3-8H,9,20H2,1-2H3. The van der Waals surface area contributed by atoms with Gasteiger partial charge in [0.1, 0.15) is 11.5 Å². The van der Waals surface area contributed by atoms with E-state index in [0.717, 1.165) is 0 Å². The lowest BCUT2D eigenvalue weighted by molar-refractivity contribution is 0.104. The predicted octanol–water partition coefficient (Wildman–Crippen LogP) is 3.63. The van der Waals surface area contributed by atoms with Crippen LogP contribution in [0, 0.1) is 0 Å². The van der Waals surface area contributed by atoms with Crippen molar-refractivity contribution >= 4 is 33.5 Å². The summed E-state index contributed by atoms with van der Waals surface area (Å²) in [5.41, 5.74) is 7.40. The van der Waals surface area contributed by atoms with Gasteiger partial charge in [-0.3, -0.25) is 4.79 Å². The predicted molar refractivity (Wildman–Crippen MR) is 97.8 cm³/mol. The van der Waals surface area contributed by atoms with Gasteiger partial charge in [0.15, 0.2) is 17.3 Å². The monoisotopic (exact) mass is 405 g/mol. The van der Waals surface area contributed by atoms with E-state index in [4.69, 9.17) is 24.7 Å². The number of anilines is 1. The second-order valence-electron chi connectivity index (χ2n) is 5.23. The van der Waals surface area contributed by atoms with Gasteiger partial charge in [-0.2, -0.15) is 0 Å². The van der Waals surface area contributed by atoms with Gasteiger partial charge in [0.05, 0.1) is 24.4 Å². The van der Waals surface area contributed by atoms with E-state index in [-0.39, 0.29) is 12.6 Å². The Labute approximate surface area is 153 Å². The fraction of sp³-hybridized carbons (Fsp3) is 0.167. The van der Waals surface area contributed by atoms with Gasteiger partial charge >= 0.3 is 0 Å². The van der Waals surface area contributed by atoms with Crippen molar-refractivity contribution in [1.29, 1.82) is 0 Å². The van der Waals surface area contributed by atoms with Crippen molar-refractivity contribution < 1.29 is 23.7 Å². The number of ether oxygens (including phenoxy) is 4. The number of halogens is 1. The van der Waals surface area contributed by atoms with Crippen LogP contribution >= 0.6 is 15.9 Å². The Hall–Kier alpha value is -2.67. The zero-order valence-corrected chi connectivity index (χ0v) is 15.3. The number of hydrogen-bond acceptors (Lipinski definition) is 6. The summed E-state index contributed by atoms with van der Waals surface area (Å²) >= 11 is 3.34. The lowest BCUT2D eigenvalue weighted by Crippen LogP contribution is -2.01. The maximum Gasteiger partial charge on any atom is 0.231 e. The molecule has 3 rings (SSSR count). The van der Waals surface area contributed by atoms with Gasteiger partial charge in [-0.05, 0) is 46.3 Å². The molecule has 0 saturated carbocycles. The number of allylic oxidation sites excluding steroid dienone is 1. The van der Waals surface area contributed by atoms with E-state index in [1.165, 1.54) is 7.11 Å². The molecule has 0 aliphatic carbocycles. The first-order valence-corrected chi connectivity index (χ1v) is 8.16. The molecule has 0 fully saturated rings. The minimum Gasteiger partial charge on any atom is -0.496 e. The lowest BCUT2D eigenvalue weighted by atomic mass is 10.1. The molecule has 2 aromatic rings. The maximum atomic E-state index is 12.7. The van der Waals surface area contributed by atoms with Crippen LogP contribution in [0.15, 0.2) is 34.8 Å². The fourth-order valence-electron chi connectivity index (χ4n) is 2.42. The number of carbonyl (C=O) groups is 1. The van der Waals surface area contributed by atoms with Crippen LogP contribution in [0.3, 0.4) is 0 Å². The number of benzene rings is 2. The molecule has 0 radical (unpaired) electrons. The highest BCUT2D eigenvalue weighted by molar-refractivity contribution is 9.12. The van der Waals surface area contributed by atoms with Crippen molar-refractivity contribution in [3.05, 3.63) is 45.9 Å². The number of rotatable bonds is 5. The molecule has 1 heterocycles. The second-order valence-corrected chi connectivity index (χ2v) is 6.08. The molecule has 0 spiro atoms. The molecule has 2 aromatic carbocycles. The van der Waals surface area contributed by atoms with Crippen molar-refractivity contribution in [2.24, 2.45) is 0 Å². The Bertz CT molecular complexity index is 863. The molecule has 0 bridgehead atoms. The van der Waals surface area contributed by atoms with Crippen LogP contribution in [-0.4, -0.2) is 26.8 Å². The molecule has 0 atom stereocenters. The molecule has 25 heavy (non-hydrogen) atoms. The van der Waals surface area contributed by atoms with Crippen LogP contribution in [-0.2, 0) is 0 Å². The molecule has 1 aliphatic rings. The average molecular weight is 406 g/mol. The average Bonchev–Trinajstić information content (AvgIpc) is 3.08. The van der Waals surface area contributed by atoms with E-state index in [1.807, 2.05) is 0 Å². The summed E-state index contributed by atoms with van der Waals surface area (Å²) in [5, 5.41) is 0. The third-order valence-corrected chi connectivity index (χ3v) is 4.31. The molecule has 6 nitrogen and oxygen atoms in total. The van der Waals surface area contributed by atoms with Crippen LogP contribution in [0.4, 0.5) is 5.69 Å². The van der Waals surface area contributed by atoms with Crippen molar-refractivity contribution in [1.82, 2.24) is 0 Å². The fourth-order valence-corrected chi connectivity index (χ4v) is 2.90. The number of nitrogens with two attached hydrogens (primary N) is 1. The zero-order valence-electron chi connectivity index (χ0n) is 13.7. The summed E-state index contributed by atoms with van der Waals surface area (Å²) in [4.78, 5) is 12.7. The number of Topliss-reactive ketones (excluding diaryl/α,β-unsaturated/α-hetero) is 1. The van der Waals surface area contributed by atoms with E-state index in [9.17, 15) is 4.79 Å². The van der Waals surface area contributed by atoms with Gasteiger partial charge in [0, 0.05) is 17.2 Å². The van der Waals surface area contributed by atoms with E-state index < -0.39 is 0 Å². The van der Waals surface area contributed by atoms with Crippen molar-refractivity contribution in [2.75, 3.05) is 26.7 Å². The summed E-state index contributed by atoms with van der Waals surface area (Å²) < 4.78 is 21.6. The number of methoxy groups -OCH3 is 2. The topological polar surface area (TPSA) is 80.0 Å². The van der Waals surface area contributed by atoms with Gasteiger partial charge in [-0.15, -0.1) is 0 Å². The Morgan fingerprint density at radius 2 is 1.80 bits per heavy atom. The molecule has 0 amide bonds. The van der Waals surface area contributed by atoms with Gasteiger partial charge in [-0.1, -0.05) is 0 Å². The van der Waals surface area contributed by atoms with Gasteiger partial charge in [0.2, 0.25) is 6.79 Å². The van der Waals surface area contributed by atoms with E-state index in [0.29, 0.717) is 44.3 Å². The Morgan fingerprint density at radius 1 is 1.12 bits per heavy atom. The number of ketones is 1. The van der Waals surface area contributed by atoms with Crippen LogP contribution in [0.25, 0.3) is 6.08 Å². The highest BCUT2D eigenvalue weighted by Crippen LogP contribution is 2.39. The molecule has 0 unspecified atom stereocenters. The van der Waals surface area contributed by atoms with Crippen molar-refractivity contribution in [3.63, 3.8) is 0 Å². The number of fused-ring (bicyclic) bond motifs is 1. The molecule has 130 valence electrons. The summed E-state index contributed by atoms with van der Waals surface area (Å²) in [6, 6.07) is 8.37. The number of hydrogen-bond donors (Lipinski definition) is 1. The highest BCUT2D eigenvalue weighted by atomic mass is 79.9. The zero-order chi connectivity index (χ0) is 18.0. The first-order valence-electron chi connectivity index (χ1n) is 7.36. The third kappa shape index (κ3) is 3.41. The summed E-state index contributed by atoms with van der Waals surface area (Å²) in [5.74, 6) is 2.03. The molecule has 0 saturated heterocycles. The SMILES string of the molecule is COc1cc(C(=O)C(Br)=Cc2cc3c(cc2OC)OCO3)ccc1N. The quantitative estimate of drug-likeness (QED) is 0.464. The van der Waals surface area contributed by atoms with Gasteiger partial charge in [0.25, 0.3) is 0 Å². The molecule has 0 aromatic heterocycles. The van der Waals surface area contributed by atoms with Crippen molar-refractivity contribution in [2.45, 2.75) is 0 Å². The second kappa shape index (κ2) is 7.06. The third-order valence-electron chi connectivity index (χ3n) is 3.72. The molecular formula is C18H16BrNO5. The summed E-state index contributed by atoms with van der Waals surface area (Å²) in [6.07, 6.45) is 1.67. The molecule has 1 aliphatic heterocycles. The maximum absolute atomic E-state index is 12.7. The Balaban J connectivity index is 1.95. The van der Waals surface area contributed by atoms with E-state index in [2.05, 4.69) is 15.9 Å². The minimum absolute atomic E-state index is 0.164. The Kier molecular flexibility index (Phi) is 4.85. The first kappa shape index (κ1) is 17.2. The van der Waals surface area contributed by atoms with Gasteiger partial charge < -0.3 is 24.7 Å². The number of nitrogen functional groups attached to an aromatic ring is 1.